The van der Waals surface area contributed by atoms with Gasteiger partial charge in [-0.15, -0.1) is 0 Å². The summed E-state index contributed by atoms with van der Waals surface area (Å²) in [6, 6.07) is 9.95. The number of aryl methyl sites for hydroxylation is 1. The summed E-state index contributed by atoms with van der Waals surface area (Å²) in [7, 11) is 1.90. The summed E-state index contributed by atoms with van der Waals surface area (Å²) in [5, 5.41) is 0. The Hall–Kier alpha value is -1.35. The van der Waals surface area contributed by atoms with Crippen LogP contribution >= 0.6 is 15.9 Å². The van der Waals surface area contributed by atoms with Crippen LogP contribution in [0.15, 0.2) is 34.8 Å². The van der Waals surface area contributed by atoms with Gasteiger partial charge in [-0.25, -0.2) is 0 Å². The van der Waals surface area contributed by atoms with Crippen molar-refractivity contribution in [2.45, 2.75) is 6.92 Å². The number of hydrogen-bond acceptors (Lipinski definition) is 1. The molecule has 0 atom stereocenters. The zero-order chi connectivity index (χ0) is 11.7. The third-order valence-electron chi connectivity index (χ3n) is 2.80. The number of carbonyl (C=O) groups excluding carboxylic acids is 1. The van der Waals surface area contributed by atoms with Gasteiger partial charge in [0, 0.05) is 22.8 Å². The molecule has 0 N–H and O–H groups in total. The van der Waals surface area contributed by atoms with Crippen LogP contribution < -0.4 is 0 Å². The highest BCUT2D eigenvalue weighted by atomic mass is 79.9. The fraction of sp³-hybridized carbons (Fsp3) is 0.154. The van der Waals surface area contributed by atoms with Gasteiger partial charge in [0.25, 0.3) is 0 Å². The van der Waals surface area contributed by atoms with E-state index in [1.54, 1.807) is 0 Å². The van der Waals surface area contributed by atoms with E-state index in [-0.39, 0.29) is 0 Å². The lowest BCUT2D eigenvalue weighted by atomic mass is 10.1. The van der Waals surface area contributed by atoms with Crippen molar-refractivity contribution in [3.63, 3.8) is 0 Å². The van der Waals surface area contributed by atoms with Gasteiger partial charge in [0.15, 0.2) is 6.29 Å². The number of aldehydes is 1. The molecule has 0 aliphatic carbocycles. The van der Waals surface area contributed by atoms with Gasteiger partial charge in [-0.1, -0.05) is 34.1 Å². The summed E-state index contributed by atoms with van der Waals surface area (Å²) < 4.78 is 2.91. The first kappa shape index (κ1) is 11.1. The molecule has 2 rings (SSSR count). The fourth-order valence-corrected chi connectivity index (χ4v) is 2.29. The summed E-state index contributed by atoms with van der Waals surface area (Å²) in [4.78, 5) is 11.1. The second-order valence-corrected chi connectivity index (χ2v) is 4.60. The van der Waals surface area contributed by atoms with E-state index in [0.29, 0.717) is 5.69 Å². The molecule has 3 heteroatoms. The van der Waals surface area contributed by atoms with E-state index in [1.807, 2.05) is 48.9 Å². The smallest absolute Gasteiger partial charge is 0.167 e. The monoisotopic (exact) mass is 277 g/mol. The van der Waals surface area contributed by atoms with Crippen LogP contribution in [0.3, 0.4) is 0 Å². The number of nitrogens with zero attached hydrogens (tertiary/aromatic N) is 1. The Morgan fingerprint density at radius 1 is 1.25 bits per heavy atom. The minimum atomic E-state index is 0.712. The minimum Gasteiger partial charge on any atom is -0.345 e. The van der Waals surface area contributed by atoms with Gasteiger partial charge in [-0.3, -0.25) is 4.79 Å². The second-order valence-electron chi connectivity index (χ2n) is 3.74. The van der Waals surface area contributed by atoms with E-state index in [4.69, 9.17) is 0 Å². The maximum Gasteiger partial charge on any atom is 0.167 e. The first-order valence-electron chi connectivity index (χ1n) is 5.01. The van der Waals surface area contributed by atoms with Crippen LogP contribution in [0.4, 0.5) is 0 Å². The Morgan fingerprint density at radius 3 is 2.56 bits per heavy atom. The maximum atomic E-state index is 11.1. The fourth-order valence-electron chi connectivity index (χ4n) is 1.79. The van der Waals surface area contributed by atoms with Gasteiger partial charge in [-0.05, 0) is 24.6 Å². The molecular weight excluding hydrogens is 266 g/mol. The summed E-state index contributed by atoms with van der Waals surface area (Å²) in [6.45, 7) is 1.99. The molecule has 16 heavy (non-hydrogen) atoms. The number of hydrogen-bond donors (Lipinski definition) is 0. The lowest BCUT2D eigenvalue weighted by Gasteiger charge is -2.03. The Labute approximate surface area is 103 Å². The summed E-state index contributed by atoms with van der Waals surface area (Å²) >= 11 is 3.50. The van der Waals surface area contributed by atoms with Crippen LogP contribution in [-0.4, -0.2) is 10.9 Å². The molecule has 0 aliphatic rings. The van der Waals surface area contributed by atoms with Gasteiger partial charge >= 0.3 is 0 Å². The van der Waals surface area contributed by atoms with E-state index in [2.05, 4.69) is 15.9 Å². The standard InChI is InChI=1S/C13H12BrNO/c1-9-7-11(13(8-16)15(9)2)10-5-3-4-6-12(10)14/h3-8H,1-2H3. The molecule has 0 unspecified atom stereocenters. The van der Waals surface area contributed by atoms with Crippen molar-refractivity contribution in [3.05, 3.63) is 46.2 Å². The van der Waals surface area contributed by atoms with Crippen molar-refractivity contribution in [2.75, 3.05) is 0 Å². The molecule has 2 aromatic rings. The molecule has 82 valence electrons. The molecule has 0 fully saturated rings. The van der Waals surface area contributed by atoms with E-state index >= 15 is 0 Å². The molecule has 1 aromatic heterocycles. The largest absolute Gasteiger partial charge is 0.345 e. The Balaban J connectivity index is 2.69. The molecule has 0 spiro atoms. The minimum absolute atomic E-state index is 0.712. The van der Waals surface area contributed by atoms with Gasteiger partial charge in [0.1, 0.15) is 0 Å². The van der Waals surface area contributed by atoms with E-state index in [9.17, 15) is 4.79 Å². The van der Waals surface area contributed by atoms with Crippen LogP contribution in [0, 0.1) is 6.92 Å². The SMILES string of the molecule is Cc1cc(-c2ccccc2Br)c(C=O)n1C. The van der Waals surface area contributed by atoms with Crippen LogP contribution in [-0.2, 0) is 7.05 Å². The molecule has 0 aliphatic heterocycles. The molecule has 0 amide bonds. The molecule has 2 nitrogen and oxygen atoms in total. The van der Waals surface area contributed by atoms with Crippen molar-refractivity contribution in [2.24, 2.45) is 7.05 Å². The quantitative estimate of drug-likeness (QED) is 0.770. The predicted octanol–water partition coefficient (Wildman–Crippen LogP) is 3.58. The summed E-state index contributed by atoms with van der Waals surface area (Å²) in [6.07, 6.45) is 0.905. The van der Waals surface area contributed by atoms with E-state index < -0.39 is 0 Å². The first-order chi connectivity index (χ1) is 7.65. The van der Waals surface area contributed by atoms with Gasteiger partial charge in [0.05, 0.1) is 5.69 Å². The van der Waals surface area contributed by atoms with Crippen molar-refractivity contribution in [1.29, 1.82) is 0 Å². The molecule has 0 saturated heterocycles. The van der Waals surface area contributed by atoms with Crippen molar-refractivity contribution in [1.82, 2.24) is 4.57 Å². The zero-order valence-corrected chi connectivity index (χ0v) is 10.8. The van der Waals surface area contributed by atoms with Gasteiger partial charge in [-0.2, -0.15) is 0 Å². The van der Waals surface area contributed by atoms with Crippen LogP contribution in [0.25, 0.3) is 11.1 Å². The summed E-state index contributed by atoms with van der Waals surface area (Å²) in [5.41, 5.74) is 3.81. The number of halogens is 1. The highest BCUT2D eigenvalue weighted by molar-refractivity contribution is 9.10. The predicted molar refractivity (Wildman–Crippen MR) is 68.7 cm³/mol. The topological polar surface area (TPSA) is 22.0 Å². The normalized spacial score (nSPS) is 10.4. The molecular formula is C13H12BrNO. The number of aromatic nitrogens is 1. The lowest BCUT2D eigenvalue weighted by molar-refractivity contribution is 0.111. The Bertz CT molecular complexity index is 543. The zero-order valence-electron chi connectivity index (χ0n) is 9.20. The number of benzene rings is 1. The van der Waals surface area contributed by atoms with E-state index in [0.717, 1.165) is 27.6 Å². The highest BCUT2D eigenvalue weighted by Gasteiger charge is 2.12. The molecule has 0 bridgehead atoms. The van der Waals surface area contributed by atoms with Crippen molar-refractivity contribution in [3.8, 4) is 11.1 Å². The average Bonchev–Trinajstić information content (AvgIpc) is 2.56. The van der Waals surface area contributed by atoms with Gasteiger partial charge < -0.3 is 4.57 Å². The second kappa shape index (κ2) is 4.26. The number of rotatable bonds is 2. The molecule has 0 radical (unpaired) electrons. The van der Waals surface area contributed by atoms with Gasteiger partial charge in [0.2, 0.25) is 0 Å². The first-order valence-corrected chi connectivity index (χ1v) is 5.81. The summed E-state index contributed by atoms with van der Waals surface area (Å²) in [5.74, 6) is 0. The third kappa shape index (κ3) is 1.71. The Morgan fingerprint density at radius 2 is 1.94 bits per heavy atom. The average molecular weight is 278 g/mol. The lowest BCUT2D eigenvalue weighted by Crippen LogP contribution is -1.97. The Kier molecular flexibility index (Phi) is 2.97. The van der Waals surface area contributed by atoms with Crippen LogP contribution in [0.1, 0.15) is 16.2 Å². The third-order valence-corrected chi connectivity index (χ3v) is 3.49. The van der Waals surface area contributed by atoms with Crippen LogP contribution in [0.2, 0.25) is 0 Å². The molecule has 1 aromatic carbocycles. The molecule has 1 heterocycles. The van der Waals surface area contributed by atoms with E-state index in [1.165, 1.54) is 0 Å². The maximum absolute atomic E-state index is 11.1. The molecule has 0 saturated carbocycles. The van der Waals surface area contributed by atoms with Crippen molar-refractivity contribution >= 4 is 22.2 Å². The highest BCUT2D eigenvalue weighted by Crippen LogP contribution is 2.31. The number of carbonyl (C=O) groups is 1. The van der Waals surface area contributed by atoms with Crippen LogP contribution in [0.5, 0.6) is 0 Å². The van der Waals surface area contributed by atoms with Crippen molar-refractivity contribution < 1.29 is 4.79 Å².